The number of para-hydroxylation sites is 1. The smallest absolute Gasteiger partial charge is 0.152 e. The molecule has 0 radical (unpaired) electrons. The van der Waals surface area contributed by atoms with Crippen molar-refractivity contribution in [3.63, 3.8) is 0 Å². The lowest BCUT2D eigenvalue weighted by Crippen LogP contribution is -2.07. The van der Waals surface area contributed by atoms with E-state index in [9.17, 15) is 0 Å². The van der Waals surface area contributed by atoms with Crippen molar-refractivity contribution >= 4 is 28.3 Å². The molecule has 2 aromatic heterocycles. The van der Waals surface area contributed by atoms with E-state index < -0.39 is 0 Å². The molecule has 0 saturated carbocycles. The van der Waals surface area contributed by atoms with Gasteiger partial charge in [0.1, 0.15) is 11.3 Å². The zero-order valence-electron chi connectivity index (χ0n) is 11.4. The Labute approximate surface area is 122 Å². The number of aromatic nitrogens is 1. The van der Waals surface area contributed by atoms with E-state index in [2.05, 4.69) is 10.3 Å². The van der Waals surface area contributed by atoms with Crippen LogP contribution in [0.2, 0.25) is 5.15 Å². The second-order valence-corrected chi connectivity index (χ2v) is 5.20. The largest absolute Gasteiger partial charge is 0.459 e. The van der Waals surface area contributed by atoms with E-state index in [1.54, 1.807) is 6.20 Å². The van der Waals surface area contributed by atoms with Crippen molar-refractivity contribution in [2.24, 2.45) is 0 Å². The van der Waals surface area contributed by atoms with Gasteiger partial charge in [-0.25, -0.2) is 4.98 Å². The molecule has 20 heavy (non-hydrogen) atoms. The van der Waals surface area contributed by atoms with Gasteiger partial charge < -0.3 is 9.73 Å². The fourth-order valence-corrected chi connectivity index (χ4v) is 2.46. The van der Waals surface area contributed by atoms with Crippen LogP contribution in [0.1, 0.15) is 24.3 Å². The standard InChI is InChI=1S/C16H15ClN2O/c1-10-7-8-18-16(17)15(10)19-11(2)14-9-12-5-3-4-6-13(12)20-14/h3-9,11,19H,1-2H3. The Morgan fingerprint density at radius 2 is 2.05 bits per heavy atom. The number of fused-ring (bicyclic) bond motifs is 1. The number of nitrogens with one attached hydrogen (secondary N) is 1. The lowest BCUT2D eigenvalue weighted by Gasteiger charge is -2.15. The van der Waals surface area contributed by atoms with Gasteiger partial charge in [0.15, 0.2) is 5.15 Å². The molecule has 0 bridgehead atoms. The molecule has 0 fully saturated rings. The van der Waals surface area contributed by atoms with Crippen LogP contribution in [0.15, 0.2) is 47.0 Å². The Morgan fingerprint density at radius 1 is 1.25 bits per heavy atom. The van der Waals surface area contributed by atoms with Crippen LogP contribution in [-0.4, -0.2) is 4.98 Å². The number of hydrogen-bond acceptors (Lipinski definition) is 3. The molecule has 0 saturated heterocycles. The normalized spacial score (nSPS) is 12.6. The van der Waals surface area contributed by atoms with Gasteiger partial charge in [0, 0.05) is 11.6 Å². The van der Waals surface area contributed by atoms with E-state index in [-0.39, 0.29) is 6.04 Å². The third-order valence-corrected chi connectivity index (χ3v) is 3.63. The first-order chi connectivity index (χ1) is 9.65. The van der Waals surface area contributed by atoms with E-state index in [0.29, 0.717) is 5.15 Å². The topological polar surface area (TPSA) is 38.1 Å². The highest BCUT2D eigenvalue weighted by Gasteiger charge is 2.14. The van der Waals surface area contributed by atoms with Gasteiger partial charge >= 0.3 is 0 Å². The minimum absolute atomic E-state index is 0.0165. The monoisotopic (exact) mass is 286 g/mol. The molecule has 4 heteroatoms. The number of rotatable bonds is 3. The van der Waals surface area contributed by atoms with E-state index in [1.165, 1.54) is 0 Å². The SMILES string of the molecule is Cc1ccnc(Cl)c1NC(C)c1cc2ccccc2o1. The third-order valence-electron chi connectivity index (χ3n) is 3.35. The molecule has 0 aliphatic rings. The zero-order valence-corrected chi connectivity index (χ0v) is 12.1. The maximum absolute atomic E-state index is 6.14. The molecule has 0 aliphatic carbocycles. The van der Waals surface area contributed by atoms with Crippen LogP contribution in [0.5, 0.6) is 0 Å². The summed E-state index contributed by atoms with van der Waals surface area (Å²) in [6.07, 6.45) is 1.70. The van der Waals surface area contributed by atoms with Gasteiger partial charge in [-0.1, -0.05) is 29.8 Å². The van der Waals surface area contributed by atoms with Crippen molar-refractivity contribution in [2.45, 2.75) is 19.9 Å². The van der Waals surface area contributed by atoms with E-state index >= 15 is 0 Å². The molecule has 102 valence electrons. The Hall–Kier alpha value is -2.00. The number of halogens is 1. The molecule has 3 rings (SSSR count). The highest BCUT2D eigenvalue weighted by atomic mass is 35.5. The summed E-state index contributed by atoms with van der Waals surface area (Å²) in [5, 5.41) is 4.95. The van der Waals surface area contributed by atoms with Gasteiger partial charge in [-0.05, 0) is 37.6 Å². The fourth-order valence-electron chi connectivity index (χ4n) is 2.20. The Kier molecular flexibility index (Phi) is 3.36. The minimum atomic E-state index is 0.0165. The lowest BCUT2D eigenvalue weighted by molar-refractivity contribution is 0.526. The van der Waals surface area contributed by atoms with Gasteiger partial charge in [-0.2, -0.15) is 0 Å². The molecule has 0 aliphatic heterocycles. The van der Waals surface area contributed by atoms with Crippen LogP contribution in [0.3, 0.4) is 0 Å². The summed E-state index contributed by atoms with van der Waals surface area (Å²) in [5.74, 6) is 0.880. The molecule has 3 aromatic rings. The quantitative estimate of drug-likeness (QED) is 0.691. The summed E-state index contributed by atoms with van der Waals surface area (Å²) in [6.45, 7) is 4.04. The van der Waals surface area contributed by atoms with E-state index in [4.69, 9.17) is 16.0 Å². The molecule has 1 N–H and O–H groups in total. The zero-order chi connectivity index (χ0) is 14.1. The van der Waals surface area contributed by atoms with Crippen LogP contribution < -0.4 is 5.32 Å². The van der Waals surface area contributed by atoms with Crippen LogP contribution in [0, 0.1) is 6.92 Å². The van der Waals surface area contributed by atoms with Gasteiger partial charge in [0.2, 0.25) is 0 Å². The number of benzene rings is 1. The molecule has 3 nitrogen and oxygen atoms in total. The molecule has 0 spiro atoms. The molecule has 0 amide bonds. The van der Waals surface area contributed by atoms with Crippen LogP contribution >= 0.6 is 11.6 Å². The first-order valence-electron chi connectivity index (χ1n) is 6.51. The predicted octanol–water partition coefficient (Wildman–Crippen LogP) is 4.96. The number of aryl methyl sites for hydroxylation is 1. The van der Waals surface area contributed by atoms with E-state index in [0.717, 1.165) is 28.0 Å². The maximum Gasteiger partial charge on any atom is 0.152 e. The van der Waals surface area contributed by atoms with Gasteiger partial charge in [-0.15, -0.1) is 0 Å². The van der Waals surface area contributed by atoms with E-state index in [1.807, 2.05) is 50.2 Å². The molecular weight excluding hydrogens is 272 g/mol. The van der Waals surface area contributed by atoms with Crippen molar-refractivity contribution in [3.8, 4) is 0 Å². The average molecular weight is 287 g/mol. The summed E-state index contributed by atoms with van der Waals surface area (Å²) in [7, 11) is 0. The molecule has 1 aromatic carbocycles. The Bertz CT molecular complexity index is 698. The summed E-state index contributed by atoms with van der Waals surface area (Å²) in [6, 6.07) is 12.0. The third kappa shape index (κ3) is 2.37. The van der Waals surface area contributed by atoms with Crippen molar-refractivity contribution < 1.29 is 4.42 Å². The predicted molar refractivity (Wildman–Crippen MR) is 82.2 cm³/mol. The summed E-state index contributed by atoms with van der Waals surface area (Å²) >= 11 is 6.14. The number of furan rings is 1. The summed E-state index contributed by atoms with van der Waals surface area (Å²) in [4.78, 5) is 4.10. The van der Waals surface area contributed by atoms with Crippen LogP contribution in [0.25, 0.3) is 11.0 Å². The molecule has 1 unspecified atom stereocenters. The second kappa shape index (κ2) is 5.17. The molecule has 2 heterocycles. The summed E-state index contributed by atoms with van der Waals surface area (Å²) < 4.78 is 5.86. The highest BCUT2D eigenvalue weighted by Crippen LogP contribution is 2.30. The average Bonchev–Trinajstić information content (AvgIpc) is 2.87. The van der Waals surface area contributed by atoms with Gasteiger partial charge in [0.25, 0.3) is 0 Å². The number of nitrogens with zero attached hydrogens (tertiary/aromatic N) is 1. The second-order valence-electron chi connectivity index (χ2n) is 4.85. The number of pyridine rings is 1. The van der Waals surface area contributed by atoms with Gasteiger partial charge in [-0.3, -0.25) is 0 Å². The molecule has 1 atom stereocenters. The minimum Gasteiger partial charge on any atom is -0.459 e. The first kappa shape index (κ1) is 13.0. The number of hydrogen-bond donors (Lipinski definition) is 1. The van der Waals surface area contributed by atoms with Crippen LogP contribution in [0.4, 0.5) is 5.69 Å². The number of anilines is 1. The lowest BCUT2D eigenvalue weighted by atomic mass is 10.2. The highest BCUT2D eigenvalue weighted by molar-refractivity contribution is 6.32. The van der Waals surface area contributed by atoms with Crippen molar-refractivity contribution in [1.82, 2.24) is 4.98 Å². The van der Waals surface area contributed by atoms with Crippen molar-refractivity contribution in [3.05, 3.63) is 59.1 Å². The Balaban J connectivity index is 1.91. The maximum atomic E-state index is 6.14. The van der Waals surface area contributed by atoms with Crippen molar-refractivity contribution in [1.29, 1.82) is 0 Å². The first-order valence-corrected chi connectivity index (χ1v) is 6.89. The molecular formula is C16H15ClN2O. The fraction of sp³-hybridized carbons (Fsp3) is 0.188. The van der Waals surface area contributed by atoms with Crippen molar-refractivity contribution in [2.75, 3.05) is 5.32 Å². The summed E-state index contributed by atoms with van der Waals surface area (Å²) in [5.41, 5.74) is 2.81. The Morgan fingerprint density at radius 3 is 2.80 bits per heavy atom. The van der Waals surface area contributed by atoms with Gasteiger partial charge in [0.05, 0.1) is 11.7 Å². The van der Waals surface area contributed by atoms with Crippen LogP contribution in [-0.2, 0) is 0 Å².